The van der Waals surface area contributed by atoms with Crippen molar-refractivity contribution in [2.75, 3.05) is 5.32 Å². The van der Waals surface area contributed by atoms with Crippen molar-refractivity contribution in [1.29, 1.82) is 0 Å². The second-order valence-electron chi connectivity index (χ2n) is 5.96. The average molecular weight is 296 g/mol. The zero-order chi connectivity index (χ0) is 15.7. The van der Waals surface area contributed by atoms with E-state index in [4.69, 9.17) is 4.74 Å². The van der Waals surface area contributed by atoms with Gasteiger partial charge in [-0.2, -0.15) is 0 Å². The predicted octanol–water partition coefficient (Wildman–Crippen LogP) is 4.09. The maximum atomic E-state index is 12.1. The van der Waals surface area contributed by atoms with Gasteiger partial charge in [-0.05, 0) is 55.5 Å². The summed E-state index contributed by atoms with van der Waals surface area (Å²) >= 11 is 0. The highest BCUT2D eigenvalue weighted by molar-refractivity contribution is 5.95. The number of hydrogen-bond acceptors (Lipinski definition) is 3. The van der Waals surface area contributed by atoms with Gasteiger partial charge in [0.05, 0.1) is 0 Å². The molecular weight excluding hydrogens is 276 g/mol. The molecule has 1 aliphatic rings. The lowest BCUT2D eigenvalue weighted by molar-refractivity contribution is -0.117. The molecule has 3 rings (SSSR count). The second-order valence-corrected chi connectivity index (χ2v) is 5.96. The smallest absolute Gasteiger partial charge is 0.243 e. The fraction of sp³-hybridized carbons (Fsp3) is 0.333. The number of amides is 1. The van der Waals surface area contributed by atoms with Crippen molar-refractivity contribution >= 4 is 11.6 Å². The van der Waals surface area contributed by atoms with Crippen LogP contribution in [0.15, 0.2) is 36.5 Å². The average Bonchev–Trinajstić information content (AvgIpc) is 3.23. The summed E-state index contributed by atoms with van der Waals surface area (Å²) in [7, 11) is 0. The molecule has 0 bridgehead atoms. The largest absolute Gasteiger partial charge is 0.437 e. The molecule has 114 valence electrons. The van der Waals surface area contributed by atoms with Crippen LogP contribution < -0.4 is 10.1 Å². The van der Waals surface area contributed by atoms with Gasteiger partial charge in [-0.1, -0.05) is 19.1 Å². The Morgan fingerprint density at radius 1 is 1.27 bits per heavy atom. The van der Waals surface area contributed by atoms with Crippen molar-refractivity contribution in [1.82, 2.24) is 4.98 Å². The number of nitrogens with zero attached hydrogens (tertiary/aromatic N) is 1. The van der Waals surface area contributed by atoms with Crippen LogP contribution in [0.2, 0.25) is 0 Å². The number of carbonyl (C=O) groups is 1. The standard InChI is InChI=1S/C18H20N2O2/c1-11-6-4-8-16(13(11)3)22-18-15(7-5-9-19-18)20-17(21)14-10-12(14)2/h4-9,12,14H,10H2,1-3H3,(H,20,21)/t12-,14-/m1/s1. The summed E-state index contributed by atoms with van der Waals surface area (Å²) in [5.41, 5.74) is 2.85. The Hall–Kier alpha value is -2.36. The number of hydrogen-bond donors (Lipinski definition) is 1. The molecule has 2 aromatic rings. The Bertz CT molecular complexity index is 712. The molecule has 2 atom stereocenters. The number of benzene rings is 1. The van der Waals surface area contributed by atoms with Crippen LogP contribution in [0, 0.1) is 25.7 Å². The fourth-order valence-electron chi connectivity index (χ4n) is 2.42. The SMILES string of the molecule is Cc1cccc(Oc2ncccc2NC(=O)[C@@H]2C[C@H]2C)c1C. The molecule has 22 heavy (non-hydrogen) atoms. The van der Waals surface area contributed by atoms with E-state index in [0.717, 1.165) is 23.3 Å². The lowest BCUT2D eigenvalue weighted by atomic mass is 10.1. The summed E-state index contributed by atoms with van der Waals surface area (Å²) < 4.78 is 5.92. The van der Waals surface area contributed by atoms with E-state index in [9.17, 15) is 4.79 Å². The van der Waals surface area contributed by atoms with Gasteiger partial charge in [0.2, 0.25) is 11.8 Å². The Morgan fingerprint density at radius 3 is 2.77 bits per heavy atom. The molecule has 4 nitrogen and oxygen atoms in total. The van der Waals surface area contributed by atoms with E-state index < -0.39 is 0 Å². The number of aryl methyl sites for hydroxylation is 1. The first kappa shape index (κ1) is 14.6. The minimum absolute atomic E-state index is 0.0475. The highest BCUT2D eigenvalue weighted by Gasteiger charge is 2.39. The molecule has 0 saturated heterocycles. The second kappa shape index (κ2) is 5.79. The molecule has 0 aliphatic heterocycles. The summed E-state index contributed by atoms with van der Waals surface area (Å²) in [5.74, 6) is 1.83. The van der Waals surface area contributed by atoms with E-state index in [1.165, 1.54) is 0 Å². The van der Waals surface area contributed by atoms with Gasteiger partial charge >= 0.3 is 0 Å². The van der Waals surface area contributed by atoms with Crippen LogP contribution in [0.25, 0.3) is 0 Å². The molecule has 1 fully saturated rings. The predicted molar refractivity (Wildman–Crippen MR) is 86.1 cm³/mol. The van der Waals surface area contributed by atoms with Crippen LogP contribution >= 0.6 is 0 Å². The number of ether oxygens (including phenoxy) is 1. The van der Waals surface area contributed by atoms with Gasteiger partial charge in [-0.3, -0.25) is 4.79 Å². The molecule has 1 aliphatic carbocycles. The molecule has 1 N–H and O–H groups in total. The zero-order valence-electron chi connectivity index (χ0n) is 13.1. The van der Waals surface area contributed by atoms with E-state index in [2.05, 4.69) is 17.2 Å². The number of aromatic nitrogens is 1. The van der Waals surface area contributed by atoms with Crippen LogP contribution in [0.3, 0.4) is 0 Å². The Kier molecular flexibility index (Phi) is 3.84. The maximum absolute atomic E-state index is 12.1. The van der Waals surface area contributed by atoms with Crippen molar-refractivity contribution in [3.05, 3.63) is 47.7 Å². The molecule has 0 radical (unpaired) electrons. The van der Waals surface area contributed by atoms with Crippen molar-refractivity contribution < 1.29 is 9.53 Å². The van der Waals surface area contributed by atoms with E-state index in [0.29, 0.717) is 17.5 Å². The number of pyridine rings is 1. The molecular formula is C18H20N2O2. The molecule has 0 unspecified atom stereocenters. The van der Waals surface area contributed by atoms with Crippen molar-refractivity contribution in [2.24, 2.45) is 11.8 Å². The summed E-state index contributed by atoms with van der Waals surface area (Å²) in [6.45, 7) is 6.14. The minimum Gasteiger partial charge on any atom is -0.437 e. The first-order valence-electron chi connectivity index (χ1n) is 7.56. The van der Waals surface area contributed by atoms with Gasteiger partial charge in [0.25, 0.3) is 0 Å². The Labute approximate surface area is 130 Å². The minimum atomic E-state index is 0.0475. The van der Waals surface area contributed by atoms with E-state index in [-0.39, 0.29) is 11.8 Å². The summed E-state index contributed by atoms with van der Waals surface area (Å²) in [5, 5.41) is 2.93. The molecule has 1 aromatic heterocycles. The number of rotatable bonds is 4. The van der Waals surface area contributed by atoms with Crippen molar-refractivity contribution in [3.8, 4) is 11.6 Å². The zero-order valence-corrected chi connectivity index (χ0v) is 13.1. The summed E-state index contributed by atoms with van der Waals surface area (Å²) in [4.78, 5) is 16.4. The van der Waals surface area contributed by atoms with Gasteiger partial charge in [-0.25, -0.2) is 4.98 Å². The molecule has 1 saturated carbocycles. The van der Waals surface area contributed by atoms with E-state index in [1.807, 2.05) is 38.1 Å². The summed E-state index contributed by atoms with van der Waals surface area (Å²) in [6.07, 6.45) is 2.62. The third-order valence-electron chi connectivity index (χ3n) is 4.24. The lowest BCUT2D eigenvalue weighted by Gasteiger charge is -2.13. The first-order valence-corrected chi connectivity index (χ1v) is 7.56. The normalized spacial score (nSPS) is 19.6. The van der Waals surface area contributed by atoms with E-state index >= 15 is 0 Å². The molecule has 4 heteroatoms. The Morgan fingerprint density at radius 2 is 2.05 bits per heavy atom. The molecule has 1 amide bonds. The highest BCUT2D eigenvalue weighted by Crippen LogP contribution is 2.39. The van der Waals surface area contributed by atoms with Crippen molar-refractivity contribution in [3.63, 3.8) is 0 Å². The van der Waals surface area contributed by atoms with Crippen LogP contribution in [0.5, 0.6) is 11.6 Å². The topological polar surface area (TPSA) is 51.2 Å². The van der Waals surface area contributed by atoms with Crippen LogP contribution in [0.1, 0.15) is 24.5 Å². The molecule has 0 spiro atoms. The highest BCUT2D eigenvalue weighted by atomic mass is 16.5. The van der Waals surface area contributed by atoms with Crippen LogP contribution in [-0.4, -0.2) is 10.9 Å². The quantitative estimate of drug-likeness (QED) is 0.924. The Balaban J connectivity index is 1.82. The van der Waals surface area contributed by atoms with Gasteiger partial charge in [0.15, 0.2) is 0 Å². The monoisotopic (exact) mass is 296 g/mol. The third-order valence-corrected chi connectivity index (χ3v) is 4.24. The van der Waals surface area contributed by atoms with Crippen molar-refractivity contribution in [2.45, 2.75) is 27.2 Å². The van der Waals surface area contributed by atoms with Crippen LogP contribution in [-0.2, 0) is 4.79 Å². The third kappa shape index (κ3) is 2.96. The lowest BCUT2D eigenvalue weighted by Crippen LogP contribution is -2.15. The maximum Gasteiger partial charge on any atom is 0.243 e. The van der Waals surface area contributed by atoms with Gasteiger partial charge in [0, 0.05) is 12.1 Å². The number of nitrogens with one attached hydrogen (secondary N) is 1. The van der Waals surface area contributed by atoms with Gasteiger partial charge in [0.1, 0.15) is 11.4 Å². The van der Waals surface area contributed by atoms with Gasteiger partial charge < -0.3 is 10.1 Å². The van der Waals surface area contributed by atoms with Crippen LogP contribution in [0.4, 0.5) is 5.69 Å². The fourth-order valence-corrected chi connectivity index (χ4v) is 2.42. The summed E-state index contributed by atoms with van der Waals surface area (Å²) in [6, 6.07) is 9.51. The first-order chi connectivity index (χ1) is 10.6. The molecule has 1 heterocycles. The number of anilines is 1. The number of carbonyl (C=O) groups excluding carboxylic acids is 1. The van der Waals surface area contributed by atoms with E-state index in [1.54, 1.807) is 12.3 Å². The molecule has 1 aromatic carbocycles. The van der Waals surface area contributed by atoms with Gasteiger partial charge in [-0.15, -0.1) is 0 Å².